The van der Waals surface area contributed by atoms with Crippen LogP contribution in [0.1, 0.15) is 13.0 Å². The summed E-state index contributed by atoms with van der Waals surface area (Å²) in [6.07, 6.45) is 2.87. The van der Waals surface area contributed by atoms with Gasteiger partial charge >= 0.3 is 0 Å². The van der Waals surface area contributed by atoms with Gasteiger partial charge in [0.1, 0.15) is 6.04 Å². The molecular formula is C8H10BrN3O2. The number of hydrogen-bond acceptors (Lipinski definition) is 3. The number of aromatic nitrogens is 1. The Labute approximate surface area is 88.8 Å². The lowest BCUT2D eigenvalue weighted by atomic mass is 10.3. The van der Waals surface area contributed by atoms with Gasteiger partial charge in [0.05, 0.1) is 10.2 Å². The molecule has 0 aliphatic heterocycles. The van der Waals surface area contributed by atoms with Crippen molar-refractivity contribution in [2.45, 2.75) is 13.0 Å². The van der Waals surface area contributed by atoms with Gasteiger partial charge in [-0.1, -0.05) is 0 Å². The number of pyridine rings is 1. The standard InChI is InChI=1S/C8H10BrN3O2/c1-4(8(11)14)12-2-5(9)7(13)6(10)3-12/h2-4H,10H2,1H3,(H2,11,14). The lowest BCUT2D eigenvalue weighted by molar-refractivity contribution is -0.120. The number of carbonyl (C=O) groups is 1. The second-order valence-electron chi connectivity index (χ2n) is 2.92. The molecule has 1 aromatic rings. The zero-order valence-corrected chi connectivity index (χ0v) is 9.11. The van der Waals surface area contributed by atoms with E-state index in [0.29, 0.717) is 4.47 Å². The van der Waals surface area contributed by atoms with Crippen LogP contribution in [-0.2, 0) is 4.79 Å². The summed E-state index contributed by atoms with van der Waals surface area (Å²) < 4.78 is 1.80. The van der Waals surface area contributed by atoms with Crippen molar-refractivity contribution in [3.8, 4) is 0 Å². The number of nitrogens with zero attached hydrogens (tertiary/aromatic N) is 1. The van der Waals surface area contributed by atoms with Gasteiger partial charge in [-0.2, -0.15) is 0 Å². The highest BCUT2D eigenvalue weighted by Gasteiger charge is 2.11. The van der Waals surface area contributed by atoms with E-state index in [1.165, 1.54) is 17.0 Å². The van der Waals surface area contributed by atoms with E-state index in [-0.39, 0.29) is 11.1 Å². The van der Waals surface area contributed by atoms with E-state index in [1.807, 2.05) is 0 Å². The van der Waals surface area contributed by atoms with Gasteiger partial charge in [0.25, 0.3) is 0 Å². The predicted octanol–water partition coefficient (Wildman–Crippen LogP) is 0.239. The molecule has 5 nitrogen and oxygen atoms in total. The molecular weight excluding hydrogens is 250 g/mol. The molecule has 0 aromatic carbocycles. The van der Waals surface area contributed by atoms with Crippen LogP contribution in [0.2, 0.25) is 0 Å². The normalized spacial score (nSPS) is 12.4. The average Bonchev–Trinajstić information content (AvgIpc) is 2.12. The molecule has 0 aliphatic rings. The topological polar surface area (TPSA) is 91.1 Å². The Morgan fingerprint density at radius 1 is 1.57 bits per heavy atom. The molecule has 1 unspecified atom stereocenters. The van der Waals surface area contributed by atoms with E-state index in [9.17, 15) is 9.59 Å². The smallest absolute Gasteiger partial charge is 0.240 e. The Kier molecular flexibility index (Phi) is 2.95. The van der Waals surface area contributed by atoms with Gasteiger partial charge in [-0.25, -0.2) is 0 Å². The number of halogens is 1. The van der Waals surface area contributed by atoms with Gasteiger partial charge in [-0.3, -0.25) is 9.59 Å². The number of carbonyl (C=O) groups excluding carboxylic acids is 1. The highest BCUT2D eigenvalue weighted by Crippen LogP contribution is 2.11. The molecule has 4 N–H and O–H groups in total. The van der Waals surface area contributed by atoms with Crippen molar-refractivity contribution in [3.05, 3.63) is 27.1 Å². The van der Waals surface area contributed by atoms with Gasteiger partial charge < -0.3 is 16.0 Å². The van der Waals surface area contributed by atoms with Gasteiger partial charge in [0.2, 0.25) is 11.3 Å². The number of nitrogens with two attached hydrogens (primary N) is 2. The van der Waals surface area contributed by atoms with Crippen molar-refractivity contribution in [3.63, 3.8) is 0 Å². The first-order valence-corrected chi connectivity index (χ1v) is 4.69. The van der Waals surface area contributed by atoms with Crippen LogP contribution in [0.5, 0.6) is 0 Å². The van der Waals surface area contributed by atoms with Crippen LogP contribution in [0.4, 0.5) is 5.69 Å². The Morgan fingerprint density at radius 3 is 2.57 bits per heavy atom. The van der Waals surface area contributed by atoms with Crippen LogP contribution >= 0.6 is 15.9 Å². The summed E-state index contributed by atoms with van der Waals surface area (Å²) in [7, 11) is 0. The number of nitrogen functional groups attached to an aromatic ring is 1. The molecule has 1 heterocycles. The molecule has 0 aliphatic carbocycles. The molecule has 0 radical (unpaired) electrons. The first-order chi connectivity index (χ1) is 6.43. The molecule has 0 fully saturated rings. The molecule has 0 bridgehead atoms. The Hall–Kier alpha value is -1.30. The highest BCUT2D eigenvalue weighted by atomic mass is 79.9. The third kappa shape index (κ3) is 1.95. The SMILES string of the molecule is CC(C(N)=O)n1cc(N)c(=O)c(Br)c1. The third-order valence-corrected chi connectivity index (χ3v) is 2.45. The molecule has 6 heteroatoms. The fraction of sp³-hybridized carbons (Fsp3) is 0.250. The van der Waals surface area contributed by atoms with Crippen molar-refractivity contribution < 1.29 is 4.79 Å². The van der Waals surface area contributed by atoms with E-state index >= 15 is 0 Å². The Balaban J connectivity index is 3.26. The summed E-state index contributed by atoms with van der Waals surface area (Å²) in [5.41, 5.74) is 10.3. The summed E-state index contributed by atoms with van der Waals surface area (Å²) in [5, 5.41) is 0. The van der Waals surface area contributed by atoms with Crippen molar-refractivity contribution in [1.29, 1.82) is 0 Å². The highest BCUT2D eigenvalue weighted by molar-refractivity contribution is 9.10. The van der Waals surface area contributed by atoms with Gasteiger partial charge in [0, 0.05) is 12.4 Å². The molecule has 14 heavy (non-hydrogen) atoms. The fourth-order valence-corrected chi connectivity index (χ4v) is 1.42. The minimum absolute atomic E-state index is 0.0764. The molecule has 1 amide bonds. The second-order valence-corrected chi connectivity index (χ2v) is 3.77. The van der Waals surface area contributed by atoms with Crippen LogP contribution in [0.25, 0.3) is 0 Å². The molecule has 76 valence electrons. The first-order valence-electron chi connectivity index (χ1n) is 3.89. The van der Waals surface area contributed by atoms with Crippen molar-refractivity contribution in [2.24, 2.45) is 5.73 Å². The zero-order chi connectivity index (χ0) is 10.9. The zero-order valence-electron chi connectivity index (χ0n) is 7.53. The Morgan fingerprint density at radius 2 is 2.14 bits per heavy atom. The van der Waals surface area contributed by atoms with Crippen molar-refractivity contribution in [2.75, 3.05) is 5.73 Å². The summed E-state index contributed by atoms with van der Waals surface area (Å²) >= 11 is 3.05. The maximum absolute atomic E-state index is 11.2. The van der Waals surface area contributed by atoms with Crippen LogP contribution < -0.4 is 16.9 Å². The number of rotatable bonds is 2. The number of hydrogen-bond donors (Lipinski definition) is 2. The largest absolute Gasteiger partial charge is 0.394 e. The number of anilines is 1. The van der Waals surface area contributed by atoms with Crippen molar-refractivity contribution in [1.82, 2.24) is 4.57 Å². The van der Waals surface area contributed by atoms with E-state index in [0.717, 1.165) is 0 Å². The molecule has 1 rings (SSSR count). The van der Waals surface area contributed by atoms with Crippen LogP contribution in [0.3, 0.4) is 0 Å². The summed E-state index contributed by atoms with van der Waals surface area (Å²) in [6.45, 7) is 1.62. The van der Waals surface area contributed by atoms with Crippen LogP contribution in [0.15, 0.2) is 21.7 Å². The third-order valence-electron chi connectivity index (χ3n) is 1.89. The van der Waals surface area contributed by atoms with Gasteiger partial charge in [-0.15, -0.1) is 0 Å². The maximum atomic E-state index is 11.2. The van der Waals surface area contributed by atoms with Gasteiger partial charge in [-0.05, 0) is 22.9 Å². The maximum Gasteiger partial charge on any atom is 0.240 e. The predicted molar refractivity (Wildman–Crippen MR) is 56.7 cm³/mol. The van der Waals surface area contributed by atoms with E-state index in [2.05, 4.69) is 15.9 Å². The van der Waals surface area contributed by atoms with Crippen molar-refractivity contribution >= 4 is 27.5 Å². The summed E-state index contributed by atoms with van der Waals surface area (Å²) in [6, 6.07) is -0.533. The molecule has 1 atom stereocenters. The minimum atomic E-state index is -0.533. The van der Waals surface area contributed by atoms with E-state index in [4.69, 9.17) is 11.5 Å². The molecule has 0 saturated carbocycles. The van der Waals surface area contributed by atoms with Gasteiger partial charge in [0.15, 0.2) is 0 Å². The lowest BCUT2D eigenvalue weighted by Crippen LogP contribution is -2.25. The fourth-order valence-electron chi connectivity index (χ4n) is 0.954. The monoisotopic (exact) mass is 259 g/mol. The minimum Gasteiger partial charge on any atom is -0.394 e. The van der Waals surface area contributed by atoms with E-state index < -0.39 is 11.9 Å². The number of primary amides is 1. The Bertz CT molecular complexity index is 401. The quantitative estimate of drug-likeness (QED) is 0.797. The first kappa shape index (κ1) is 10.8. The molecule has 0 spiro atoms. The lowest BCUT2D eigenvalue weighted by Gasteiger charge is -2.13. The second kappa shape index (κ2) is 3.83. The van der Waals surface area contributed by atoms with Crippen LogP contribution in [-0.4, -0.2) is 10.5 Å². The summed E-state index contributed by atoms with van der Waals surface area (Å²) in [4.78, 5) is 22.1. The van der Waals surface area contributed by atoms with E-state index in [1.54, 1.807) is 6.92 Å². The average molecular weight is 260 g/mol. The van der Waals surface area contributed by atoms with Crippen LogP contribution in [0, 0.1) is 0 Å². The molecule has 0 saturated heterocycles. The number of amides is 1. The molecule has 1 aromatic heterocycles. The summed E-state index contributed by atoms with van der Waals surface area (Å²) in [5.74, 6) is -0.486.